The molecule has 2 heterocycles. The van der Waals surface area contributed by atoms with Gasteiger partial charge in [0.1, 0.15) is 0 Å². The molecule has 2 aliphatic heterocycles. The summed E-state index contributed by atoms with van der Waals surface area (Å²) in [6.45, 7) is 7.41. The van der Waals surface area contributed by atoms with Crippen molar-refractivity contribution in [1.29, 1.82) is 0 Å². The van der Waals surface area contributed by atoms with E-state index < -0.39 is 5.41 Å². The summed E-state index contributed by atoms with van der Waals surface area (Å²) in [7, 11) is 1.83. The van der Waals surface area contributed by atoms with E-state index in [9.17, 15) is 9.59 Å². The molecule has 1 N–H and O–H groups in total. The van der Waals surface area contributed by atoms with Crippen LogP contribution in [-0.4, -0.2) is 42.9 Å². The van der Waals surface area contributed by atoms with Gasteiger partial charge in [-0.15, -0.1) is 0 Å². The Balaban J connectivity index is 1.75. The fraction of sp³-hybridized carbons (Fsp3) is 0.556. The predicted molar refractivity (Wildman–Crippen MR) is 91.8 cm³/mol. The van der Waals surface area contributed by atoms with Crippen LogP contribution in [-0.2, 0) is 15.0 Å². The summed E-state index contributed by atoms with van der Waals surface area (Å²) in [5.41, 5.74) is 2.60. The van der Waals surface area contributed by atoms with E-state index in [1.807, 2.05) is 50.9 Å². The van der Waals surface area contributed by atoms with Gasteiger partial charge in [-0.3, -0.25) is 9.59 Å². The van der Waals surface area contributed by atoms with Gasteiger partial charge in [0.15, 0.2) is 0 Å². The van der Waals surface area contributed by atoms with Gasteiger partial charge in [-0.1, -0.05) is 13.0 Å². The number of fused-ring (bicyclic) bond motifs is 1. The zero-order valence-corrected chi connectivity index (χ0v) is 14.3. The summed E-state index contributed by atoms with van der Waals surface area (Å²) in [4.78, 5) is 27.8. The Hall–Kier alpha value is -2.04. The number of likely N-dealkylation sites (tertiary alicyclic amines) is 1. The van der Waals surface area contributed by atoms with Gasteiger partial charge in [0.2, 0.25) is 11.8 Å². The lowest BCUT2D eigenvalue weighted by atomic mass is 9.86. The molecular weight excluding hydrogens is 290 g/mol. The quantitative estimate of drug-likeness (QED) is 0.931. The van der Waals surface area contributed by atoms with Crippen molar-refractivity contribution in [2.75, 3.05) is 30.4 Å². The Bertz CT molecular complexity index is 654. The Kier molecular flexibility index (Phi) is 3.82. The second-order valence-corrected chi connectivity index (χ2v) is 7.04. The van der Waals surface area contributed by atoms with Gasteiger partial charge in [-0.05, 0) is 38.0 Å². The molecule has 124 valence electrons. The summed E-state index contributed by atoms with van der Waals surface area (Å²) in [6, 6.07) is 6.41. The molecular formula is C18H25N3O2. The van der Waals surface area contributed by atoms with E-state index in [1.165, 1.54) is 0 Å². The Morgan fingerprint density at radius 3 is 2.83 bits per heavy atom. The molecule has 5 heteroatoms. The molecule has 1 atom stereocenters. The SMILES string of the molecule is CCC(=O)N1CCC(Nc2ccc3c(c2)N(C)C(=O)C3(C)C)C1. The average Bonchev–Trinajstić information content (AvgIpc) is 3.06. The molecule has 2 aliphatic rings. The minimum absolute atomic E-state index is 0.130. The standard InChI is InChI=1S/C18H25N3O2/c1-5-16(22)21-9-8-13(11-21)19-12-6-7-14-15(10-12)20(4)17(23)18(14,2)3/h6-7,10,13,19H,5,8-9,11H2,1-4H3. The highest BCUT2D eigenvalue weighted by molar-refractivity contribution is 6.07. The van der Waals surface area contributed by atoms with Crippen LogP contribution >= 0.6 is 0 Å². The van der Waals surface area contributed by atoms with Crippen molar-refractivity contribution >= 4 is 23.2 Å². The van der Waals surface area contributed by atoms with Crippen molar-refractivity contribution < 1.29 is 9.59 Å². The maximum Gasteiger partial charge on any atom is 0.236 e. The monoisotopic (exact) mass is 315 g/mol. The van der Waals surface area contributed by atoms with Crippen LogP contribution in [0.3, 0.4) is 0 Å². The van der Waals surface area contributed by atoms with Crippen LogP contribution in [0.2, 0.25) is 0 Å². The third-order valence-electron chi connectivity index (χ3n) is 5.09. The maximum absolute atomic E-state index is 12.4. The van der Waals surface area contributed by atoms with Crippen molar-refractivity contribution in [2.24, 2.45) is 0 Å². The number of anilines is 2. The van der Waals surface area contributed by atoms with Crippen LogP contribution in [0.4, 0.5) is 11.4 Å². The summed E-state index contributed by atoms with van der Waals surface area (Å²) in [5, 5.41) is 3.51. The molecule has 0 aromatic heterocycles. The molecule has 1 aromatic carbocycles. The first-order chi connectivity index (χ1) is 10.8. The van der Waals surface area contributed by atoms with Crippen molar-refractivity contribution in [3.63, 3.8) is 0 Å². The van der Waals surface area contributed by atoms with Crippen LogP contribution in [0.5, 0.6) is 0 Å². The fourth-order valence-electron chi connectivity index (χ4n) is 3.64. The first-order valence-electron chi connectivity index (χ1n) is 8.31. The molecule has 1 aromatic rings. The number of hydrogen-bond donors (Lipinski definition) is 1. The number of rotatable bonds is 3. The molecule has 0 radical (unpaired) electrons. The van der Waals surface area contributed by atoms with Gasteiger partial charge in [0.25, 0.3) is 0 Å². The normalized spacial score (nSPS) is 22.4. The maximum atomic E-state index is 12.4. The van der Waals surface area contributed by atoms with Crippen molar-refractivity contribution in [1.82, 2.24) is 4.90 Å². The molecule has 1 saturated heterocycles. The van der Waals surface area contributed by atoms with Crippen LogP contribution in [0, 0.1) is 0 Å². The van der Waals surface area contributed by atoms with Gasteiger partial charge in [0.05, 0.1) is 5.41 Å². The second kappa shape index (κ2) is 5.55. The number of hydrogen-bond acceptors (Lipinski definition) is 3. The third-order valence-corrected chi connectivity index (χ3v) is 5.09. The second-order valence-electron chi connectivity index (χ2n) is 7.04. The van der Waals surface area contributed by atoms with Crippen LogP contribution in [0.15, 0.2) is 18.2 Å². The molecule has 0 aliphatic carbocycles. The number of carbonyl (C=O) groups excluding carboxylic acids is 2. The summed E-state index contributed by atoms with van der Waals surface area (Å²) in [5.74, 6) is 0.348. The minimum Gasteiger partial charge on any atom is -0.380 e. The largest absolute Gasteiger partial charge is 0.380 e. The first kappa shape index (κ1) is 15.8. The highest BCUT2D eigenvalue weighted by Crippen LogP contribution is 2.42. The lowest BCUT2D eigenvalue weighted by Crippen LogP contribution is -2.33. The Morgan fingerprint density at radius 1 is 1.39 bits per heavy atom. The molecule has 0 spiro atoms. The zero-order chi connectivity index (χ0) is 16.8. The molecule has 2 amide bonds. The molecule has 23 heavy (non-hydrogen) atoms. The Morgan fingerprint density at radius 2 is 2.13 bits per heavy atom. The van der Waals surface area contributed by atoms with E-state index in [2.05, 4.69) is 5.32 Å². The highest BCUT2D eigenvalue weighted by atomic mass is 16.2. The molecule has 5 nitrogen and oxygen atoms in total. The molecule has 0 bridgehead atoms. The fourth-order valence-corrected chi connectivity index (χ4v) is 3.64. The van der Waals surface area contributed by atoms with Crippen molar-refractivity contribution in [3.05, 3.63) is 23.8 Å². The number of amides is 2. The lowest BCUT2D eigenvalue weighted by molar-refractivity contribution is -0.129. The first-order valence-corrected chi connectivity index (χ1v) is 8.31. The van der Waals surface area contributed by atoms with Crippen LogP contribution in [0.1, 0.15) is 39.2 Å². The van der Waals surface area contributed by atoms with E-state index >= 15 is 0 Å². The topological polar surface area (TPSA) is 52.7 Å². The molecule has 3 rings (SSSR count). The summed E-state index contributed by atoms with van der Waals surface area (Å²) < 4.78 is 0. The predicted octanol–water partition coefficient (Wildman–Crippen LogP) is 2.36. The summed E-state index contributed by atoms with van der Waals surface area (Å²) >= 11 is 0. The number of likely N-dealkylation sites (N-methyl/N-ethyl adjacent to an activating group) is 1. The molecule has 0 saturated carbocycles. The van der Waals surface area contributed by atoms with E-state index in [-0.39, 0.29) is 17.9 Å². The van der Waals surface area contributed by atoms with Crippen molar-refractivity contribution in [2.45, 2.75) is 45.1 Å². The smallest absolute Gasteiger partial charge is 0.236 e. The minimum atomic E-state index is -0.458. The zero-order valence-electron chi connectivity index (χ0n) is 14.3. The highest BCUT2D eigenvalue weighted by Gasteiger charge is 2.42. The van der Waals surface area contributed by atoms with Gasteiger partial charge in [-0.2, -0.15) is 0 Å². The number of benzene rings is 1. The number of nitrogens with zero attached hydrogens (tertiary/aromatic N) is 2. The van der Waals surface area contributed by atoms with Gasteiger partial charge < -0.3 is 15.1 Å². The van der Waals surface area contributed by atoms with E-state index in [1.54, 1.807) is 4.90 Å². The van der Waals surface area contributed by atoms with E-state index in [0.717, 1.165) is 36.4 Å². The summed E-state index contributed by atoms with van der Waals surface area (Å²) in [6.07, 6.45) is 1.52. The van der Waals surface area contributed by atoms with Crippen LogP contribution in [0.25, 0.3) is 0 Å². The van der Waals surface area contributed by atoms with Gasteiger partial charge in [-0.25, -0.2) is 0 Å². The van der Waals surface area contributed by atoms with Gasteiger partial charge >= 0.3 is 0 Å². The molecule has 1 unspecified atom stereocenters. The molecule has 1 fully saturated rings. The number of nitrogens with one attached hydrogen (secondary N) is 1. The Labute approximate surface area is 137 Å². The lowest BCUT2D eigenvalue weighted by Gasteiger charge is -2.18. The van der Waals surface area contributed by atoms with E-state index in [0.29, 0.717) is 6.42 Å². The van der Waals surface area contributed by atoms with Gasteiger partial charge in [0, 0.05) is 44.0 Å². The third kappa shape index (κ3) is 2.58. The van der Waals surface area contributed by atoms with Crippen LogP contribution < -0.4 is 10.2 Å². The van der Waals surface area contributed by atoms with E-state index in [4.69, 9.17) is 0 Å². The van der Waals surface area contributed by atoms with Crippen molar-refractivity contribution in [3.8, 4) is 0 Å². The average molecular weight is 315 g/mol. The number of carbonyl (C=O) groups is 2.